The Kier molecular flexibility index (Phi) is 9.73. The van der Waals surface area contributed by atoms with Gasteiger partial charge < -0.3 is 21.1 Å². The molecule has 2 aromatic carbocycles. The normalized spacial score (nSPS) is 10.8. The highest BCUT2D eigenvalue weighted by Gasteiger charge is 2.34. The zero-order chi connectivity index (χ0) is 26.9. The van der Waals surface area contributed by atoms with E-state index in [0.717, 1.165) is 11.0 Å². The molecule has 0 saturated carbocycles. The summed E-state index contributed by atoms with van der Waals surface area (Å²) in [5.74, 6) is 4.47. The summed E-state index contributed by atoms with van der Waals surface area (Å²) >= 11 is 0. The van der Waals surface area contributed by atoms with Gasteiger partial charge in [0.05, 0.1) is 18.7 Å². The summed E-state index contributed by atoms with van der Waals surface area (Å²) in [6.07, 6.45) is -4.71. The third kappa shape index (κ3) is 7.94. The SMILES string of the molecule is CCOC(=O)CNC(=O)N(c1ccc(C#CCNc2ccc(C(=N)N)cc2)c(C(F)(F)F)c1)C(C)C. The van der Waals surface area contributed by atoms with E-state index in [1.807, 2.05) is 0 Å². The van der Waals surface area contributed by atoms with Crippen LogP contribution >= 0.6 is 0 Å². The number of nitrogens with two attached hydrogens (primary N) is 1. The predicted octanol–water partition coefficient (Wildman–Crippen LogP) is 3.94. The second kappa shape index (κ2) is 12.5. The number of alkyl halides is 3. The molecular weight excluding hydrogens is 475 g/mol. The molecule has 192 valence electrons. The smallest absolute Gasteiger partial charge is 0.417 e. The third-order valence-electron chi connectivity index (χ3n) is 4.81. The van der Waals surface area contributed by atoms with Gasteiger partial charge in [-0.2, -0.15) is 13.2 Å². The highest BCUT2D eigenvalue weighted by Crippen LogP contribution is 2.35. The molecule has 36 heavy (non-hydrogen) atoms. The largest absolute Gasteiger partial charge is 0.465 e. The standard InChI is InChI=1S/C25H28F3N5O3/c1-4-36-22(34)15-32-24(35)33(16(2)3)20-12-9-17(21(14-20)25(26,27)28)6-5-13-31-19-10-7-18(8-11-19)23(29)30/h7-12,14,16,31H,4,13,15H2,1-3H3,(H3,29,30)(H,32,35). The molecule has 2 aromatic rings. The first-order valence-corrected chi connectivity index (χ1v) is 11.0. The number of amides is 2. The predicted molar refractivity (Wildman–Crippen MR) is 132 cm³/mol. The number of anilines is 2. The molecule has 2 rings (SSSR count). The zero-order valence-corrected chi connectivity index (χ0v) is 20.1. The molecule has 0 heterocycles. The number of hydrogen-bond acceptors (Lipinski definition) is 5. The van der Waals surface area contributed by atoms with Crippen molar-refractivity contribution in [3.05, 3.63) is 59.2 Å². The summed E-state index contributed by atoms with van der Waals surface area (Å²) in [6, 6.07) is 8.86. The van der Waals surface area contributed by atoms with Crippen LogP contribution in [0.2, 0.25) is 0 Å². The van der Waals surface area contributed by atoms with Crippen molar-refractivity contribution in [2.75, 3.05) is 29.9 Å². The third-order valence-corrected chi connectivity index (χ3v) is 4.81. The summed E-state index contributed by atoms with van der Waals surface area (Å²) in [4.78, 5) is 25.3. The summed E-state index contributed by atoms with van der Waals surface area (Å²) < 4.78 is 46.2. The van der Waals surface area contributed by atoms with Crippen LogP contribution in [0.25, 0.3) is 0 Å². The lowest BCUT2D eigenvalue weighted by molar-refractivity contribution is -0.141. The Morgan fingerprint density at radius 1 is 1.17 bits per heavy atom. The number of nitrogen functional groups attached to an aromatic ring is 1. The van der Waals surface area contributed by atoms with Gasteiger partial charge in [-0.25, -0.2) is 4.79 Å². The van der Waals surface area contributed by atoms with Crippen molar-refractivity contribution in [1.29, 1.82) is 5.41 Å². The number of nitrogens with zero attached hydrogens (tertiary/aromatic N) is 1. The minimum atomic E-state index is -4.71. The second-order valence-electron chi connectivity index (χ2n) is 7.80. The molecule has 0 aliphatic rings. The van der Waals surface area contributed by atoms with Crippen LogP contribution in [0.1, 0.15) is 37.5 Å². The average Bonchev–Trinajstić information content (AvgIpc) is 2.81. The lowest BCUT2D eigenvalue weighted by atomic mass is 10.1. The van der Waals surface area contributed by atoms with E-state index in [9.17, 15) is 22.8 Å². The maximum atomic E-state index is 13.8. The minimum absolute atomic E-state index is 0.00733. The van der Waals surface area contributed by atoms with Gasteiger partial charge in [-0.3, -0.25) is 15.1 Å². The van der Waals surface area contributed by atoms with Crippen LogP contribution in [0.4, 0.5) is 29.3 Å². The van der Waals surface area contributed by atoms with E-state index in [2.05, 4.69) is 22.5 Å². The van der Waals surface area contributed by atoms with Crippen LogP contribution in [0.5, 0.6) is 0 Å². The number of rotatable bonds is 8. The van der Waals surface area contributed by atoms with E-state index in [1.54, 1.807) is 45.0 Å². The Labute approximate surface area is 207 Å². The Balaban J connectivity index is 2.22. The van der Waals surface area contributed by atoms with Crippen LogP contribution in [0.3, 0.4) is 0 Å². The number of hydrogen-bond donors (Lipinski definition) is 4. The van der Waals surface area contributed by atoms with Crippen molar-refractivity contribution >= 4 is 29.2 Å². The number of halogens is 3. The van der Waals surface area contributed by atoms with E-state index < -0.39 is 36.3 Å². The van der Waals surface area contributed by atoms with Gasteiger partial charge in [-0.1, -0.05) is 11.8 Å². The van der Waals surface area contributed by atoms with Crippen LogP contribution < -0.4 is 21.3 Å². The van der Waals surface area contributed by atoms with E-state index in [-0.39, 0.29) is 30.2 Å². The van der Waals surface area contributed by atoms with E-state index in [0.29, 0.717) is 11.3 Å². The van der Waals surface area contributed by atoms with E-state index in [1.165, 1.54) is 12.1 Å². The van der Waals surface area contributed by atoms with Gasteiger partial charge in [-0.05, 0) is 63.2 Å². The van der Waals surface area contributed by atoms with Crippen molar-refractivity contribution in [2.45, 2.75) is 33.0 Å². The second-order valence-corrected chi connectivity index (χ2v) is 7.80. The van der Waals surface area contributed by atoms with Crippen molar-refractivity contribution in [2.24, 2.45) is 5.73 Å². The summed E-state index contributed by atoms with van der Waals surface area (Å²) in [5.41, 5.74) is 5.40. The van der Waals surface area contributed by atoms with Gasteiger partial charge in [-0.15, -0.1) is 0 Å². The molecule has 11 heteroatoms. The number of amidine groups is 1. The summed E-state index contributed by atoms with van der Waals surface area (Å²) in [6.45, 7) is 4.70. The topological polar surface area (TPSA) is 121 Å². The molecule has 0 saturated heterocycles. The Hall–Kier alpha value is -4.20. The molecule has 0 aliphatic carbocycles. The van der Waals surface area contributed by atoms with Crippen molar-refractivity contribution in [3.8, 4) is 11.8 Å². The molecule has 0 fully saturated rings. The monoisotopic (exact) mass is 503 g/mol. The molecule has 0 radical (unpaired) electrons. The molecule has 0 unspecified atom stereocenters. The maximum Gasteiger partial charge on any atom is 0.417 e. The first-order chi connectivity index (χ1) is 16.9. The van der Waals surface area contributed by atoms with Gasteiger partial charge >= 0.3 is 18.2 Å². The lowest BCUT2D eigenvalue weighted by Gasteiger charge is -2.28. The fraction of sp³-hybridized carbons (Fsp3) is 0.320. The molecule has 0 aromatic heterocycles. The number of esters is 1. The van der Waals surface area contributed by atoms with Gasteiger partial charge in [0.2, 0.25) is 0 Å². The van der Waals surface area contributed by atoms with Crippen molar-refractivity contribution in [1.82, 2.24) is 5.32 Å². The van der Waals surface area contributed by atoms with Crippen LogP contribution in [0.15, 0.2) is 42.5 Å². The van der Waals surface area contributed by atoms with E-state index in [4.69, 9.17) is 15.9 Å². The molecule has 0 atom stereocenters. The summed E-state index contributed by atoms with van der Waals surface area (Å²) in [7, 11) is 0. The van der Waals surface area contributed by atoms with Crippen LogP contribution in [0, 0.1) is 17.3 Å². The fourth-order valence-electron chi connectivity index (χ4n) is 3.17. The van der Waals surface area contributed by atoms with E-state index >= 15 is 0 Å². The first-order valence-electron chi connectivity index (χ1n) is 11.0. The zero-order valence-electron chi connectivity index (χ0n) is 20.1. The Morgan fingerprint density at radius 3 is 2.39 bits per heavy atom. The average molecular weight is 504 g/mol. The molecular formula is C25H28F3N5O3. The maximum absolute atomic E-state index is 13.8. The molecule has 5 N–H and O–H groups in total. The van der Waals surface area contributed by atoms with Gasteiger partial charge in [0.25, 0.3) is 0 Å². The molecule has 0 bridgehead atoms. The fourth-order valence-corrected chi connectivity index (χ4v) is 3.17. The molecule has 0 aliphatic heterocycles. The van der Waals surface area contributed by atoms with Crippen LogP contribution in [-0.2, 0) is 15.7 Å². The van der Waals surface area contributed by atoms with Crippen molar-refractivity contribution in [3.63, 3.8) is 0 Å². The van der Waals surface area contributed by atoms with Crippen LogP contribution in [-0.4, -0.2) is 43.6 Å². The first kappa shape index (κ1) is 28.0. The van der Waals surface area contributed by atoms with Gasteiger partial charge in [0, 0.05) is 28.5 Å². The summed E-state index contributed by atoms with van der Waals surface area (Å²) in [5, 5.41) is 12.7. The molecule has 0 spiro atoms. The number of urea groups is 1. The van der Waals surface area contributed by atoms with Gasteiger partial charge in [0.15, 0.2) is 0 Å². The number of benzene rings is 2. The molecule has 2 amide bonds. The molecule has 8 nitrogen and oxygen atoms in total. The van der Waals surface area contributed by atoms with Crippen molar-refractivity contribution < 1.29 is 27.5 Å². The van der Waals surface area contributed by atoms with Gasteiger partial charge in [0.1, 0.15) is 12.4 Å². The number of ether oxygens (including phenoxy) is 1. The highest BCUT2D eigenvalue weighted by molar-refractivity contribution is 5.95. The number of carbonyl (C=O) groups excluding carboxylic acids is 2. The minimum Gasteiger partial charge on any atom is -0.465 e. The quantitative estimate of drug-likeness (QED) is 0.188. The number of nitrogens with one attached hydrogen (secondary N) is 3. The highest BCUT2D eigenvalue weighted by atomic mass is 19.4. The Bertz CT molecular complexity index is 1150. The lowest BCUT2D eigenvalue weighted by Crippen LogP contribution is -2.46. The Morgan fingerprint density at radius 2 is 1.83 bits per heavy atom. The number of carbonyl (C=O) groups is 2.